The zero-order chi connectivity index (χ0) is 13.7. The number of benzene rings is 1. The summed E-state index contributed by atoms with van der Waals surface area (Å²) in [6.45, 7) is 3.36. The number of carbonyl (C=O) groups excluding carboxylic acids is 1. The summed E-state index contributed by atoms with van der Waals surface area (Å²) in [5, 5.41) is 5.73. The molecule has 104 valence electrons. The van der Waals surface area contributed by atoms with Gasteiger partial charge in [0.05, 0.1) is 12.2 Å². The minimum atomic E-state index is -0.403. The number of hydrogen-bond acceptors (Lipinski definition) is 2. The third-order valence-electron chi connectivity index (χ3n) is 3.88. The fourth-order valence-electron chi connectivity index (χ4n) is 2.65. The summed E-state index contributed by atoms with van der Waals surface area (Å²) in [4.78, 5) is 11.7. The van der Waals surface area contributed by atoms with Gasteiger partial charge in [-0.05, 0) is 36.9 Å². The molecule has 0 heterocycles. The molecule has 1 aromatic rings. The van der Waals surface area contributed by atoms with Gasteiger partial charge in [-0.15, -0.1) is 0 Å². The molecule has 0 radical (unpaired) electrons. The van der Waals surface area contributed by atoms with Crippen molar-refractivity contribution in [1.82, 2.24) is 5.32 Å². The van der Waals surface area contributed by atoms with Gasteiger partial charge >= 0.3 is 0 Å². The summed E-state index contributed by atoms with van der Waals surface area (Å²) in [5.74, 6) is 0.805. The lowest BCUT2D eigenvalue weighted by atomic mass is 9.98. The Morgan fingerprint density at radius 1 is 1.37 bits per heavy atom. The average molecular weight is 264 g/mol. The fraction of sp³-hybridized carbons (Fsp3) is 0.533. The van der Waals surface area contributed by atoms with Crippen LogP contribution in [0.5, 0.6) is 0 Å². The summed E-state index contributed by atoms with van der Waals surface area (Å²) in [6.07, 6.45) is 3.81. The van der Waals surface area contributed by atoms with Gasteiger partial charge in [0, 0.05) is 0 Å². The Morgan fingerprint density at radius 2 is 2.16 bits per heavy atom. The molecule has 19 heavy (non-hydrogen) atoms. The van der Waals surface area contributed by atoms with Crippen LogP contribution in [0, 0.1) is 17.7 Å². The molecule has 1 fully saturated rings. The van der Waals surface area contributed by atoms with E-state index in [1.54, 1.807) is 18.2 Å². The normalized spacial score (nSPS) is 22.4. The Labute approximate surface area is 113 Å². The van der Waals surface area contributed by atoms with Crippen LogP contribution in [-0.2, 0) is 4.79 Å². The number of hydrogen-bond donors (Lipinski definition) is 2. The lowest BCUT2D eigenvalue weighted by Crippen LogP contribution is -2.32. The van der Waals surface area contributed by atoms with Gasteiger partial charge < -0.3 is 10.6 Å². The number of nitrogens with one attached hydrogen (secondary N) is 2. The maximum absolute atomic E-state index is 13.3. The summed E-state index contributed by atoms with van der Waals surface area (Å²) in [7, 11) is 0. The van der Waals surface area contributed by atoms with E-state index in [1.165, 1.54) is 25.3 Å². The Hall–Kier alpha value is -1.42. The summed E-state index contributed by atoms with van der Waals surface area (Å²) in [6, 6.07) is 6.20. The van der Waals surface area contributed by atoms with Gasteiger partial charge in [0.1, 0.15) is 5.82 Å². The number of para-hydroxylation sites is 1. The second kappa shape index (κ2) is 6.66. The van der Waals surface area contributed by atoms with Crippen LogP contribution >= 0.6 is 0 Å². The van der Waals surface area contributed by atoms with E-state index in [1.807, 2.05) is 0 Å². The van der Waals surface area contributed by atoms with Crippen LogP contribution in [0.2, 0.25) is 0 Å². The highest BCUT2D eigenvalue weighted by atomic mass is 19.1. The van der Waals surface area contributed by atoms with Crippen molar-refractivity contribution in [3.05, 3.63) is 30.1 Å². The molecule has 0 spiro atoms. The van der Waals surface area contributed by atoms with Gasteiger partial charge in [-0.25, -0.2) is 4.39 Å². The first-order valence-corrected chi connectivity index (χ1v) is 6.92. The van der Waals surface area contributed by atoms with Crippen molar-refractivity contribution in [2.24, 2.45) is 11.8 Å². The van der Waals surface area contributed by atoms with Gasteiger partial charge in [-0.2, -0.15) is 0 Å². The second-order valence-corrected chi connectivity index (χ2v) is 5.33. The van der Waals surface area contributed by atoms with Gasteiger partial charge in [-0.1, -0.05) is 31.9 Å². The van der Waals surface area contributed by atoms with Crippen molar-refractivity contribution in [2.45, 2.75) is 26.2 Å². The molecule has 0 bridgehead atoms. The highest BCUT2D eigenvalue weighted by molar-refractivity contribution is 5.92. The van der Waals surface area contributed by atoms with Crippen molar-refractivity contribution >= 4 is 11.6 Å². The minimum absolute atomic E-state index is 0.198. The van der Waals surface area contributed by atoms with Crippen LogP contribution in [0.1, 0.15) is 26.2 Å². The lowest BCUT2D eigenvalue weighted by Gasteiger charge is -2.15. The molecule has 2 N–H and O–H groups in total. The van der Waals surface area contributed by atoms with E-state index in [0.717, 1.165) is 12.5 Å². The quantitative estimate of drug-likeness (QED) is 0.858. The van der Waals surface area contributed by atoms with Gasteiger partial charge in [0.25, 0.3) is 0 Å². The molecule has 1 aromatic carbocycles. The first kappa shape index (κ1) is 14.0. The molecule has 0 aliphatic heterocycles. The molecule has 2 atom stereocenters. The Balaban J connectivity index is 1.72. The molecule has 0 aromatic heterocycles. The van der Waals surface area contributed by atoms with Gasteiger partial charge in [0.2, 0.25) is 5.91 Å². The maximum atomic E-state index is 13.3. The fourth-order valence-corrected chi connectivity index (χ4v) is 2.65. The van der Waals surface area contributed by atoms with Crippen molar-refractivity contribution in [1.29, 1.82) is 0 Å². The highest BCUT2D eigenvalue weighted by Gasteiger charge is 2.22. The summed E-state index contributed by atoms with van der Waals surface area (Å²) in [5.41, 5.74) is 0.239. The lowest BCUT2D eigenvalue weighted by molar-refractivity contribution is -0.115. The third-order valence-corrected chi connectivity index (χ3v) is 3.88. The van der Waals surface area contributed by atoms with Gasteiger partial charge in [-0.3, -0.25) is 4.79 Å². The molecule has 2 unspecified atom stereocenters. The predicted molar refractivity (Wildman–Crippen MR) is 74.4 cm³/mol. The molecule has 1 amide bonds. The molecular weight excluding hydrogens is 243 g/mol. The Kier molecular flexibility index (Phi) is 4.91. The van der Waals surface area contributed by atoms with E-state index in [4.69, 9.17) is 0 Å². The van der Waals surface area contributed by atoms with E-state index in [0.29, 0.717) is 5.92 Å². The first-order chi connectivity index (χ1) is 9.16. The van der Waals surface area contributed by atoms with E-state index >= 15 is 0 Å². The molecule has 1 saturated carbocycles. The Morgan fingerprint density at radius 3 is 2.84 bits per heavy atom. The topological polar surface area (TPSA) is 41.1 Å². The van der Waals surface area contributed by atoms with Crippen LogP contribution in [0.4, 0.5) is 10.1 Å². The Bertz CT molecular complexity index is 436. The smallest absolute Gasteiger partial charge is 0.238 e. The van der Waals surface area contributed by atoms with Crippen molar-refractivity contribution in [2.75, 3.05) is 18.4 Å². The monoisotopic (exact) mass is 264 g/mol. The summed E-state index contributed by atoms with van der Waals surface area (Å²) >= 11 is 0. The largest absolute Gasteiger partial charge is 0.322 e. The SMILES string of the molecule is CC1CCCC1CNCC(=O)Nc1ccccc1F. The molecule has 3 nitrogen and oxygen atoms in total. The van der Waals surface area contributed by atoms with Crippen LogP contribution in [-0.4, -0.2) is 19.0 Å². The van der Waals surface area contributed by atoms with Crippen molar-refractivity contribution in [3.63, 3.8) is 0 Å². The number of anilines is 1. The molecule has 1 aliphatic carbocycles. The molecular formula is C15H21FN2O. The number of rotatable bonds is 5. The minimum Gasteiger partial charge on any atom is -0.322 e. The predicted octanol–water partition coefficient (Wildman–Crippen LogP) is 2.79. The van der Waals surface area contributed by atoms with E-state index < -0.39 is 5.82 Å². The van der Waals surface area contributed by atoms with E-state index in [2.05, 4.69) is 17.6 Å². The van der Waals surface area contributed by atoms with E-state index in [-0.39, 0.29) is 18.1 Å². The average Bonchev–Trinajstić information content (AvgIpc) is 2.78. The van der Waals surface area contributed by atoms with Crippen LogP contribution in [0.15, 0.2) is 24.3 Å². The standard InChI is InChI=1S/C15H21FN2O/c1-11-5-4-6-12(11)9-17-10-15(19)18-14-8-3-2-7-13(14)16/h2-3,7-8,11-12,17H,4-6,9-10H2,1H3,(H,18,19). The molecule has 4 heteroatoms. The maximum Gasteiger partial charge on any atom is 0.238 e. The molecule has 1 aliphatic rings. The van der Waals surface area contributed by atoms with Crippen LogP contribution in [0.25, 0.3) is 0 Å². The molecule has 2 rings (SSSR count). The van der Waals surface area contributed by atoms with Crippen LogP contribution < -0.4 is 10.6 Å². The number of carbonyl (C=O) groups is 1. The van der Waals surface area contributed by atoms with Crippen molar-refractivity contribution in [3.8, 4) is 0 Å². The van der Waals surface area contributed by atoms with E-state index in [9.17, 15) is 9.18 Å². The first-order valence-electron chi connectivity index (χ1n) is 6.92. The van der Waals surface area contributed by atoms with Crippen molar-refractivity contribution < 1.29 is 9.18 Å². The van der Waals surface area contributed by atoms with Gasteiger partial charge in [0.15, 0.2) is 0 Å². The third kappa shape index (κ3) is 4.03. The number of amides is 1. The summed E-state index contributed by atoms with van der Waals surface area (Å²) < 4.78 is 13.3. The highest BCUT2D eigenvalue weighted by Crippen LogP contribution is 2.30. The van der Waals surface area contributed by atoms with Crippen LogP contribution in [0.3, 0.4) is 0 Å². The number of halogens is 1. The zero-order valence-corrected chi connectivity index (χ0v) is 11.3. The second-order valence-electron chi connectivity index (χ2n) is 5.33. The molecule has 0 saturated heterocycles. The zero-order valence-electron chi connectivity index (χ0n) is 11.3.